The van der Waals surface area contributed by atoms with Crippen LogP contribution < -0.4 is 17.2 Å². The number of nitrogens with two attached hydrogens (primary N) is 3. The first-order valence-electron chi connectivity index (χ1n) is 14.4. The Labute approximate surface area is 253 Å². The van der Waals surface area contributed by atoms with Crippen molar-refractivity contribution < 1.29 is 4.79 Å². The zero-order chi connectivity index (χ0) is 29.5. The Morgan fingerprint density at radius 1 is 1.02 bits per heavy atom. The van der Waals surface area contributed by atoms with Gasteiger partial charge in [0.25, 0.3) is 0 Å². The number of fused-ring (bicyclic) bond motifs is 1. The third-order valence-corrected chi connectivity index (χ3v) is 8.55. The van der Waals surface area contributed by atoms with Crippen molar-refractivity contribution >= 4 is 45.8 Å². The zero-order valence-corrected chi connectivity index (χ0v) is 25.5. The fourth-order valence-corrected chi connectivity index (χ4v) is 6.30. The molecule has 1 unspecified atom stereocenters. The van der Waals surface area contributed by atoms with E-state index in [2.05, 4.69) is 59.0 Å². The summed E-state index contributed by atoms with van der Waals surface area (Å²) in [4.78, 5) is 22.5. The minimum Gasteiger partial charge on any atom is -0.370 e. The van der Waals surface area contributed by atoms with E-state index in [-0.39, 0.29) is 30.0 Å². The van der Waals surface area contributed by atoms with Crippen molar-refractivity contribution in [2.24, 2.45) is 28.1 Å². The first-order valence-corrected chi connectivity index (χ1v) is 15.1. The van der Waals surface area contributed by atoms with Gasteiger partial charge in [-0.05, 0) is 59.2 Å². The van der Waals surface area contributed by atoms with Crippen LogP contribution in [0, 0.1) is 5.92 Å². The van der Waals surface area contributed by atoms with Gasteiger partial charge in [-0.1, -0.05) is 85.6 Å². The van der Waals surface area contributed by atoms with E-state index in [1.54, 1.807) is 6.07 Å². The summed E-state index contributed by atoms with van der Waals surface area (Å²) in [6.07, 6.45) is 2.69. The lowest BCUT2D eigenvalue weighted by molar-refractivity contribution is -0.139. The van der Waals surface area contributed by atoms with E-state index in [0.717, 1.165) is 35.9 Å². The Bertz CT molecular complexity index is 1360. The van der Waals surface area contributed by atoms with Crippen LogP contribution in [0.1, 0.15) is 37.8 Å². The topological polar surface area (TPSA) is 114 Å². The highest BCUT2D eigenvalue weighted by Crippen LogP contribution is 2.27. The Morgan fingerprint density at radius 2 is 1.78 bits per heavy atom. The maximum atomic E-state index is 13.8. The van der Waals surface area contributed by atoms with Crippen LogP contribution >= 0.6 is 23.2 Å². The second kappa shape index (κ2) is 14.4. The first kappa shape index (κ1) is 31.1. The zero-order valence-electron chi connectivity index (χ0n) is 24.0. The van der Waals surface area contributed by atoms with Gasteiger partial charge in [-0.2, -0.15) is 0 Å². The monoisotopic (exact) mass is 596 g/mol. The number of amides is 1. The summed E-state index contributed by atoms with van der Waals surface area (Å²) in [5, 5.41) is 3.56. The number of benzene rings is 3. The van der Waals surface area contributed by atoms with Crippen LogP contribution in [0.3, 0.4) is 0 Å². The van der Waals surface area contributed by atoms with Crippen LogP contribution in [0.5, 0.6) is 0 Å². The lowest BCUT2D eigenvalue weighted by atomic mass is 9.93. The van der Waals surface area contributed by atoms with E-state index in [9.17, 15) is 4.79 Å². The van der Waals surface area contributed by atoms with Crippen LogP contribution in [-0.4, -0.2) is 66.0 Å². The molecule has 1 fully saturated rings. The molecule has 1 aliphatic heterocycles. The number of rotatable bonds is 11. The highest BCUT2D eigenvalue weighted by molar-refractivity contribution is 6.35. The van der Waals surface area contributed by atoms with Crippen LogP contribution in [0.2, 0.25) is 10.0 Å². The van der Waals surface area contributed by atoms with Gasteiger partial charge in [0.05, 0.1) is 6.42 Å². The van der Waals surface area contributed by atoms with Gasteiger partial charge in [0, 0.05) is 54.3 Å². The van der Waals surface area contributed by atoms with Gasteiger partial charge < -0.3 is 22.1 Å². The maximum absolute atomic E-state index is 13.8. The molecule has 3 aromatic rings. The Morgan fingerprint density at radius 3 is 2.49 bits per heavy atom. The Kier molecular flexibility index (Phi) is 10.9. The molecule has 1 aliphatic rings. The summed E-state index contributed by atoms with van der Waals surface area (Å²) in [6, 6.07) is 20.2. The summed E-state index contributed by atoms with van der Waals surface area (Å²) >= 11 is 12.5. The van der Waals surface area contributed by atoms with Crippen molar-refractivity contribution in [1.29, 1.82) is 0 Å². The van der Waals surface area contributed by atoms with Gasteiger partial charge in [0.2, 0.25) is 5.91 Å². The van der Waals surface area contributed by atoms with E-state index in [1.165, 1.54) is 5.39 Å². The van der Waals surface area contributed by atoms with Gasteiger partial charge in [-0.15, -0.1) is 0 Å². The third-order valence-electron chi connectivity index (χ3n) is 7.96. The molecule has 1 amide bonds. The van der Waals surface area contributed by atoms with Crippen molar-refractivity contribution in [1.82, 2.24) is 9.80 Å². The standard InChI is InChI=1S/C32H42Cl2N6O/c1-21(2)30-20-39(18-27(35)16-25-11-12-26(33)17-29(25)34)28(8-5-13-38-32(36)37)19-40(30)31(41)15-22-9-10-23-6-3-4-7-24(23)14-22/h3-4,6-7,9-12,14,17,21,27-28,30H,5,8,13,15-16,18-20,35H2,1-2H3,(H4,36,37,38)/t27-,28?,30-/m0/s1. The molecule has 41 heavy (non-hydrogen) atoms. The van der Waals surface area contributed by atoms with Gasteiger partial charge >= 0.3 is 0 Å². The number of nitrogens with zero attached hydrogens (tertiary/aromatic N) is 3. The highest BCUT2D eigenvalue weighted by Gasteiger charge is 2.37. The smallest absolute Gasteiger partial charge is 0.227 e. The average Bonchev–Trinajstić information content (AvgIpc) is 2.92. The molecule has 0 spiro atoms. The predicted molar refractivity (Wildman–Crippen MR) is 171 cm³/mol. The molecule has 3 aromatic carbocycles. The predicted octanol–water partition coefficient (Wildman–Crippen LogP) is 4.85. The van der Waals surface area contributed by atoms with Crippen molar-refractivity contribution in [3.63, 3.8) is 0 Å². The van der Waals surface area contributed by atoms with Gasteiger partial charge in [0.15, 0.2) is 5.96 Å². The number of hydrogen-bond acceptors (Lipinski definition) is 4. The number of carbonyl (C=O) groups is 1. The van der Waals surface area contributed by atoms with Crippen LogP contribution in [0.4, 0.5) is 0 Å². The van der Waals surface area contributed by atoms with Crippen LogP contribution in [0.15, 0.2) is 65.7 Å². The van der Waals surface area contributed by atoms with E-state index >= 15 is 0 Å². The van der Waals surface area contributed by atoms with Crippen LogP contribution in [-0.2, 0) is 17.6 Å². The molecule has 4 rings (SSSR count). The molecular formula is C32H42Cl2N6O. The van der Waals surface area contributed by atoms with E-state index in [1.807, 2.05) is 24.3 Å². The van der Waals surface area contributed by atoms with Crippen molar-refractivity contribution in [2.75, 3.05) is 26.2 Å². The number of guanidine groups is 1. The molecule has 7 nitrogen and oxygen atoms in total. The highest BCUT2D eigenvalue weighted by atomic mass is 35.5. The molecule has 0 saturated carbocycles. The molecule has 1 heterocycles. The van der Waals surface area contributed by atoms with Gasteiger partial charge in [-0.25, -0.2) is 0 Å². The molecule has 9 heteroatoms. The maximum Gasteiger partial charge on any atom is 0.227 e. The average molecular weight is 598 g/mol. The largest absolute Gasteiger partial charge is 0.370 e. The van der Waals surface area contributed by atoms with E-state index < -0.39 is 0 Å². The Hall–Kier alpha value is -2.84. The fourth-order valence-electron chi connectivity index (χ4n) is 5.82. The van der Waals surface area contributed by atoms with E-state index in [4.69, 9.17) is 40.4 Å². The molecule has 220 valence electrons. The molecule has 0 aromatic heterocycles. The number of carbonyl (C=O) groups excluding carboxylic acids is 1. The summed E-state index contributed by atoms with van der Waals surface area (Å²) < 4.78 is 0. The van der Waals surface area contributed by atoms with Gasteiger partial charge in [-0.3, -0.25) is 14.7 Å². The second-order valence-electron chi connectivity index (χ2n) is 11.5. The van der Waals surface area contributed by atoms with Gasteiger partial charge in [0.1, 0.15) is 0 Å². The number of hydrogen-bond donors (Lipinski definition) is 3. The summed E-state index contributed by atoms with van der Waals surface area (Å²) in [7, 11) is 0. The molecule has 0 aliphatic carbocycles. The number of piperazine rings is 1. The minimum absolute atomic E-state index is 0.0863. The quantitative estimate of drug-likeness (QED) is 0.166. The minimum atomic E-state index is -0.124. The lowest BCUT2D eigenvalue weighted by Crippen LogP contribution is -2.63. The molecule has 1 saturated heterocycles. The first-order chi connectivity index (χ1) is 19.6. The summed E-state index contributed by atoms with van der Waals surface area (Å²) in [6.45, 7) is 7.03. The van der Waals surface area contributed by atoms with E-state index in [0.29, 0.717) is 48.4 Å². The summed E-state index contributed by atoms with van der Waals surface area (Å²) in [5.74, 6) is 0.548. The fraction of sp³-hybridized carbons (Fsp3) is 0.438. The second-order valence-corrected chi connectivity index (χ2v) is 12.3. The third kappa shape index (κ3) is 8.58. The Balaban J connectivity index is 1.50. The molecular weight excluding hydrogens is 555 g/mol. The van der Waals surface area contributed by atoms with Crippen molar-refractivity contribution in [3.8, 4) is 0 Å². The van der Waals surface area contributed by atoms with Crippen LogP contribution in [0.25, 0.3) is 10.8 Å². The lowest BCUT2D eigenvalue weighted by Gasteiger charge is -2.49. The molecule has 0 bridgehead atoms. The molecule has 6 N–H and O–H groups in total. The number of aliphatic imine (C=N–C) groups is 1. The molecule has 0 radical (unpaired) electrons. The SMILES string of the molecule is CC(C)[C@@H]1CN(C[C@@H](N)Cc2ccc(Cl)cc2Cl)C(CCCN=C(N)N)CN1C(=O)Cc1ccc2ccccc2c1. The van der Waals surface area contributed by atoms with Crippen molar-refractivity contribution in [3.05, 3.63) is 81.8 Å². The number of halogens is 2. The summed E-state index contributed by atoms with van der Waals surface area (Å²) in [5.41, 5.74) is 19.8. The normalized spacial score (nSPS) is 18.5. The van der Waals surface area contributed by atoms with Crippen molar-refractivity contribution in [2.45, 2.75) is 57.7 Å². The molecule has 3 atom stereocenters.